The predicted octanol–water partition coefficient (Wildman–Crippen LogP) is -3.14. The first-order chi connectivity index (χ1) is 29.8. The molecule has 15 N–H and O–H groups in total. The zero-order valence-electron chi connectivity index (χ0n) is 35.6. The van der Waals surface area contributed by atoms with E-state index in [0.717, 1.165) is 18.6 Å². The minimum absolute atomic E-state index is 0.0864. The van der Waals surface area contributed by atoms with Gasteiger partial charge < -0.3 is 59.1 Å². The molecule has 25 heteroatoms. The monoisotopic (exact) mass is 913 g/mol. The van der Waals surface area contributed by atoms with Crippen molar-refractivity contribution in [3.63, 3.8) is 0 Å². The molecule has 63 heavy (non-hydrogen) atoms. The van der Waals surface area contributed by atoms with Gasteiger partial charge in [0.25, 0.3) is 0 Å². The van der Waals surface area contributed by atoms with Crippen LogP contribution in [0.1, 0.15) is 97.3 Å². The number of carbonyl (C=O) groups is 11. The second-order valence-corrected chi connectivity index (χ2v) is 17.1. The fraction of sp³-hybridized carbons (Fsp3) is 0.711. The smallest absolute Gasteiger partial charge is 0.315 e. The van der Waals surface area contributed by atoms with Gasteiger partial charge in [-0.2, -0.15) is 11.8 Å². The van der Waals surface area contributed by atoms with Gasteiger partial charge in [0.15, 0.2) is 0 Å². The molecular weight excluding hydrogens is 851 g/mol. The number of hydrogen-bond donors (Lipinski definition) is 13. The number of nitrogens with two attached hydrogens (primary N) is 2. The molecule has 2 fully saturated rings. The largest absolute Gasteiger partial charge is 0.481 e. The number of amides is 11. The maximum absolute atomic E-state index is 13.4. The molecule has 2 aliphatic rings. The Morgan fingerprint density at radius 1 is 0.714 bits per heavy atom. The van der Waals surface area contributed by atoms with Gasteiger partial charge in [-0.15, -0.1) is 0 Å². The summed E-state index contributed by atoms with van der Waals surface area (Å²) in [6.45, 7) is 2.56. The average Bonchev–Trinajstić information content (AvgIpc) is 3.77. The lowest BCUT2D eigenvalue weighted by Gasteiger charge is -2.25. The first-order valence-corrected chi connectivity index (χ1v) is 22.0. The van der Waals surface area contributed by atoms with E-state index < -0.39 is 110 Å². The van der Waals surface area contributed by atoms with E-state index in [1.54, 1.807) is 13.8 Å². The van der Waals surface area contributed by atoms with Crippen molar-refractivity contribution in [2.24, 2.45) is 23.3 Å². The lowest BCUT2D eigenvalue weighted by molar-refractivity contribution is -0.139. The Morgan fingerprint density at radius 2 is 1.38 bits per heavy atom. The number of thioether (sulfide) groups is 1. The van der Waals surface area contributed by atoms with Gasteiger partial charge in [0.1, 0.15) is 18.1 Å². The molecule has 354 valence electrons. The number of carboxylic acids is 1. The fourth-order valence-corrected chi connectivity index (χ4v) is 8.45. The second kappa shape index (κ2) is 28.1. The van der Waals surface area contributed by atoms with E-state index in [1.165, 1.54) is 5.48 Å². The molecule has 0 radical (unpaired) electrons. The summed E-state index contributed by atoms with van der Waals surface area (Å²) in [6.07, 6.45) is 1.85. The van der Waals surface area contributed by atoms with Gasteiger partial charge in [-0.05, 0) is 57.3 Å². The number of aliphatic carboxylic acids is 1. The number of hydrogen-bond acceptors (Lipinski definition) is 13. The summed E-state index contributed by atoms with van der Waals surface area (Å²) in [5, 5.41) is 38.8. The van der Waals surface area contributed by atoms with Crippen molar-refractivity contribution < 1.29 is 63.1 Å². The van der Waals surface area contributed by atoms with E-state index in [0.29, 0.717) is 37.5 Å². The molecule has 2 saturated heterocycles. The van der Waals surface area contributed by atoms with Crippen LogP contribution in [0.3, 0.4) is 0 Å². The summed E-state index contributed by atoms with van der Waals surface area (Å²) in [6, 6.07) is -3.96. The molecule has 0 aromatic heterocycles. The lowest BCUT2D eigenvalue weighted by Crippen LogP contribution is -2.55. The molecule has 0 saturated carbocycles. The maximum atomic E-state index is 13.4. The Labute approximate surface area is 368 Å². The lowest BCUT2D eigenvalue weighted by atomic mass is 9.92. The van der Waals surface area contributed by atoms with Crippen LogP contribution in [0, 0.1) is 11.8 Å². The number of nitrogens with one attached hydrogen (secondary N) is 9. The normalized spacial score (nSPS) is 18.2. The molecule has 0 aromatic carbocycles. The Balaban J connectivity index is 1.80. The van der Waals surface area contributed by atoms with Gasteiger partial charge in [-0.1, -0.05) is 20.3 Å². The third kappa shape index (κ3) is 21.3. The molecule has 0 spiro atoms. The standard InChI is InChI=1S/C38H63N11O13S/c1-20(2)15-21(16-29(52)49-62)35(58)45-24(10-12-27(39)50)37(60)46-23(11-13-32(55)56)36(59)43-17-30(53)42-18-31(54)44-22(34(40)57)7-5-6-14-41-28(51)9-4-3-8-26-33-25(19-63-26)47-38(61)48-33/h20-26,33,62H,3-19H2,1-2H3,(H2,39,50)(H2,40,57)(H,41,51)(H,42,53)(H,43,59)(H,44,54)(H,45,58)(H,46,60)(H,49,52)(H,55,56)(H2,47,48,61)/t21?,22-,23-,24-,25-,26-,33-/m0/s1. The minimum Gasteiger partial charge on any atom is -0.481 e. The Morgan fingerprint density at radius 3 is 2.03 bits per heavy atom. The van der Waals surface area contributed by atoms with Crippen molar-refractivity contribution in [1.82, 2.24) is 48.0 Å². The Bertz CT molecular complexity index is 1650. The Kier molecular flexibility index (Phi) is 23.8. The number of rotatable bonds is 31. The van der Waals surface area contributed by atoms with E-state index in [9.17, 15) is 57.8 Å². The number of carboxylic acid groups (broad SMARTS) is 1. The van der Waals surface area contributed by atoms with Crippen LogP contribution in [0.5, 0.6) is 0 Å². The van der Waals surface area contributed by atoms with Crippen LogP contribution in [0.4, 0.5) is 4.79 Å². The molecular formula is C38H63N11O13S. The van der Waals surface area contributed by atoms with Crippen molar-refractivity contribution in [3.05, 3.63) is 0 Å². The number of primary amides is 2. The van der Waals surface area contributed by atoms with E-state index in [4.69, 9.17) is 16.7 Å². The number of fused-ring (bicyclic) bond motifs is 1. The van der Waals surface area contributed by atoms with Crippen LogP contribution in [0.25, 0.3) is 0 Å². The zero-order chi connectivity index (χ0) is 47.1. The van der Waals surface area contributed by atoms with E-state index >= 15 is 0 Å². The van der Waals surface area contributed by atoms with Gasteiger partial charge in [0.2, 0.25) is 53.2 Å². The SMILES string of the molecule is CC(C)CC(CC(=O)NO)C(=O)N[C@@H](CCC(N)=O)C(=O)N[C@@H](CCC(=O)O)C(=O)NCC(=O)NCC(=O)N[C@@H](CCCCNC(=O)CCCC[C@@H]1SC[C@@H]2NC(=O)N[C@@H]21)C(N)=O. The van der Waals surface area contributed by atoms with E-state index in [2.05, 4.69) is 42.5 Å². The van der Waals surface area contributed by atoms with Crippen LogP contribution in [-0.2, 0) is 47.9 Å². The molecule has 24 nitrogen and oxygen atoms in total. The topological polar surface area (TPSA) is 389 Å². The third-order valence-corrected chi connectivity index (χ3v) is 11.7. The highest BCUT2D eigenvalue weighted by molar-refractivity contribution is 8.00. The van der Waals surface area contributed by atoms with Crippen LogP contribution in [0.2, 0.25) is 0 Å². The maximum Gasteiger partial charge on any atom is 0.315 e. The molecule has 11 amide bonds. The first-order valence-electron chi connectivity index (χ1n) is 20.9. The number of unbranched alkanes of at least 4 members (excludes halogenated alkanes) is 2. The highest BCUT2D eigenvalue weighted by Gasteiger charge is 2.42. The summed E-state index contributed by atoms with van der Waals surface area (Å²) in [7, 11) is 0. The fourth-order valence-electron chi connectivity index (χ4n) is 6.90. The van der Waals surface area contributed by atoms with Gasteiger partial charge in [0.05, 0.1) is 25.2 Å². The molecule has 1 unspecified atom stereocenters. The van der Waals surface area contributed by atoms with Crippen LogP contribution in [-0.4, -0.2) is 136 Å². The summed E-state index contributed by atoms with van der Waals surface area (Å²) in [5.41, 5.74) is 12.1. The van der Waals surface area contributed by atoms with Gasteiger partial charge >= 0.3 is 12.0 Å². The third-order valence-electron chi connectivity index (χ3n) is 10.1. The number of urea groups is 1. The highest BCUT2D eigenvalue weighted by atomic mass is 32.2. The summed E-state index contributed by atoms with van der Waals surface area (Å²) < 4.78 is 0. The Hall–Kier alpha value is -5.72. The van der Waals surface area contributed by atoms with Crippen LogP contribution < -0.4 is 59.5 Å². The molecule has 0 aliphatic carbocycles. The summed E-state index contributed by atoms with van der Waals surface area (Å²) in [5.74, 6) is -8.55. The average molecular weight is 914 g/mol. The molecule has 0 aromatic rings. The van der Waals surface area contributed by atoms with Crippen LogP contribution >= 0.6 is 11.8 Å². The van der Waals surface area contributed by atoms with Crippen LogP contribution in [0.15, 0.2) is 0 Å². The van der Waals surface area contributed by atoms with Crippen molar-refractivity contribution in [1.29, 1.82) is 0 Å². The molecule has 2 aliphatic heterocycles. The van der Waals surface area contributed by atoms with Crippen molar-refractivity contribution in [3.8, 4) is 0 Å². The van der Waals surface area contributed by atoms with Gasteiger partial charge in [0, 0.05) is 49.1 Å². The van der Waals surface area contributed by atoms with Gasteiger partial charge in [-0.3, -0.25) is 53.2 Å². The van der Waals surface area contributed by atoms with E-state index in [1.807, 2.05) is 11.8 Å². The number of carbonyl (C=O) groups excluding carboxylic acids is 10. The van der Waals surface area contributed by atoms with E-state index in [-0.39, 0.29) is 55.6 Å². The number of hydroxylamine groups is 1. The summed E-state index contributed by atoms with van der Waals surface area (Å²) >= 11 is 1.82. The molecule has 2 rings (SSSR count). The van der Waals surface area contributed by atoms with Gasteiger partial charge in [-0.25, -0.2) is 10.3 Å². The molecule has 2 heterocycles. The van der Waals surface area contributed by atoms with Crippen molar-refractivity contribution in [2.75, 3.05) is 25.4 Å². The second-order valence-electron chi connectivity index (χ2n) is 15.9. The predicted molar refractivity (Wildman–Crippen MR) is 225 cm³/mol. The molecule has 7 atom stereocenters. The van der Waals surface area contributed by atoms with Crippen molar-refractivity contribution in [2.45, 2.75) is 133 Å². The quantitative estimate of drug-likeness (QED) is 0.0142. The molecule has 0 bridgehead atoms. The van der Waals surface area contributed by atoms with Crippen molar-refractivity contribution >= 4 is 76.9 Å². The highest BCUT2D eigenvalue weighted by Crippen LogP contribution is 2.33. The zero-order valence-corrected chi connectivity index (χ0v) is 36.4. The summed E-state index contributed by atoms with van der Waals surface area (Å²) in [4.78, 5) is 135. The minimum atomic E-state index is -1.55. The first kappa shape index (κ1) is 53.4.